The van der Waals surface area contributed by atoms with Gasteiger partial charge in [0.2, 0.25) is 4.73 Å². The minimum absolute atomic E-state index is 0.242. The van der Waals surface area contributed by atoms with Crippen molar-refractivity contribution in [1.82, 2.24) is 20.5 Å². The summed E-state index contributed by atoms with van der Waals surface area (Å²) in [6.45, 7) is 0.485. The Morgan fingerprint density at radius 3 is 2.83 bits per heavy atom. The van der Waals surface area contributed by atoms with E-state index in [-0.39, 0.29) is 13.2 Å². The molecule has 1 amide bonds. The first-order valence-corrected chi connectivity index (χ1v) is 6.04. The van der Waals surface area contributed by atoms with Gasteiger partial charge in [-0.05, 0) is 21.5 Å². The average molecular weight is 311 g/mol. The Labute approximate surface area is 112 Å². The predicted molar refractivity (Wildman–Crippen MR) is 67.5 cm³/mol. The van der Waals surface area contributed by atoms with Gasteiger partial charge in [-0.25, -0.2) is 9.78 Å². The zero-order valence-electron chi connectivity index (χ0n) is 9.39. The maximum Gasteiger partial charge on any atom is 0.407 e. The van der Waals surface area contributed by atoms with Crippen LogP contribution >= 0.6 is 15.9 Å². The number of hydrogen-bond donors (Lipinski definition) is 2. The van der Waals surface area contributed by atoms with Gasteiger partial charge in [0, 0.05) is 0 Å². The Hall–Kier alpha value is -1.89. The van der Waals surface area contributed by atoms with Crippen molar-refractivity contribution in [3.8, 4) is 0 Å². The van der Waals surface area contributed by atoms with E-state index >= 15 is 0 Å². The van der Waals surface area contributed by atoms with Crippen LogP contribution < -0.4 is 5.32 Å². The summed E-state index contributed by atoms with van der Waals surface area (Å²) in [6, 6.07) is 9.47. The molecule has 0 fully saturated rings. The number of ether oxygens (including phenoxy) is 1. The van der Waals surface area contributed by atoms with E-state index in [2.05, 4.69) is 36.4 Å². The molecule has 1 heterocycles. The number of carbonyl (C=O) groups is 1. The topological polar surface area (TPSA) is 79.9 Å². The van der Waals surface area contributed by atoms with Crippen LogP contribution in [0.25, 0.3) is 0 Å². The molecule has 0 spiro atoms. The van der Waals surface area contributed by atoms with Crippen molar-refractivity contribution in [3.63, 3.8) is 0 Å². The van der Waals surface area contributed by atoms with Gasteiger partial charge in [-0.15, -0.1) is 5.10 Å². The molecule has 0 bridgehead atoms. The van der Waals surface area contributed by atoms with Crippen LogP contribution in [0.5, 0.6) is 0 Å². The first-order chi connectivity index (χ1) is 8.74. The summed E-state index contributed by atoms with van der Waals surface area (Å²) in [4.78, 5) is 15.4. The van der Waals surface area contributed by atoms with Crippen LogP contribution in [-0.4, -0.2) is 21.3 Å². The lowest BCUT2D eigenvalue weighted by Gasteiger charge is -2.05. The number of nitrogens with zero attached hydrogens (tertiary/aromatic N) is 2. The summed E-state index contributed by atoms with van der Waals surface area (Å²) in [7, 11) is 0. The number of H-pyrrole nitrogens is 1. The van der Waals surface area contributed by atoms with Crippen LogP contribution in [0.4, 0.5) is 4.79 Å². The van der Waals surface area contributed by atoms with Crippen molar-refractivity contribution in [3.05, 3.63) is 46.5 Å². The zero-order valence-corrected chi connectivity index (χ0v) is 11.0. The van der Waals surface area contributed by atoms with E-state index in [1.165, 1.54) is 0 Å². The van der Waals surface area contributed by atoms with E-state index < -0.39 is 6.09 Å². The third kappa shape index (κ3) is 3.85. The molecule has 6 nitrogen and oxygen atoms in total. The zero-order chi connectivity index (χ0) is 12.8. The fraction of sp³-hybridized carbons (Fsp3) is 0.182. The highest BCUT2D eigenvalue weighted by Gasteiger charge is 2.05. The monoisotopic (exact) mass is 310 g/mol. The molecule has 0 atom stereocenters. The largest absolute Gasteiger partial charge is 0.445 e. The van der Waals surface area contributed by atoms with Crippen molar-refractivity contribution in [1.29, 1.82) is 0 Å². The maximum absolute atomic E-state index is 11.4. The first kappa shape index (κ1) is 12.6. The number of halogens is 1. The second-order valence-corrected chi connectivity index (χ2v) is 4.18. The predicted octanol–water partition coefficient (Wildman–Crippen LogP) is 1.99. The van der Waals surface area contributed by atoms with E-state index in [0.29, 0.717) is 10.6 Å². The Morgan fingerprint density at radius 2 is 2.17 bits per heavy atom. The van der Waals surface area contributed by atoms with Crippen molar-refractivity contribution in [2.45, 2.75) is 13.2 Å². The molecule has 0 aliphatic heterocycles. The molecule has 1 aromatic heterocycles. The van der Waals surface area contributed by atoms with Gasteiger partial charge in [-0.2, -0.15) is 0 Å². The number of nitrogens with one attached hydrogen (secondary N) is 2. The van der Waals surface area contributed by atoms with E-state index in [1.807, 2.05) is 30.3 Å². The maximum atomic E-state index is 11.4. The number of aromatic amines is 1. The molecule has 2 rings (SSSR count). The van der Waals surface area contributed by atoms with Gasteiger partial charge in [-0.1, -0.05) is 30.3 Å². The molecule has 2 aromatic rings. The van der Waals surface area contributed by atoms with E-state index in [1.54, 1.807) is 0 Å². The lowest BCUT2D eigenvalue weighted by Crippen LogP contribution is -2.24. The number of amides is 1. The highest BCUT2D eigenvalue weighted by molar-refractivity contribution is 9.10. The fourth-order valence-corrected chi connectivity index (χ4v) is 1.58. The van der Waals surface area contributed by atoms with Gasteiger partial charge in [0.15, 0.2) is 0 Å². The van der Waals surface area contributed by atoms with Crippen LogP contribution in [0.2, 0.25) is 0 Å². The molecular weight excluding hydrogens is 300 g/mol. The summed E-state index contributed by atoms with van der Waals surface area (Å²) in [5, 5.41) is 9.00. The molecule has 2 N–H and O–H groups in total. The lowest BCUT2D eigenvalue weighted by atomic mass is 10.2. The van der Waals surface area contributed by atoms with Gasteiger partial charge >= 0.3 is 6.09 Å². The van der Waals surface area contributed by atoms with Gasteiger partial charge in [0.1, 0.15) is 12.4 Å². The van der Waals surface area contributed by atoms with Crippen LogP contribution in [0.15, 0.2) is 35.1 Å². The summed E-state index contributed by atoms with van der Waals surface area (Å²) in [5.41, 5.74) is 0.940. The van der Waals surface area contributed by atoms with Crippen LogP contribution in [-0.2, 0) is 17.9 Å². The molecule has 0 aliphatic carbocycles. The third-order valence-corrected chi connectivity index (χ3v) is 2.47. The fourth-order valence-electron chi connectivity index (χ4n) is 1.28. The Bertz CT molecular complexity index is 515. The molecule has 0 aliphatic rings. The molecule has 7 heteroatoms. The summed E-state index contributed by atoms with van der Waals surface area (Å²) in [6.07, 6.45) is -0.494. The van der Waals surface area contributed by atoms with E-state index in [4.69, 9.17) is 4.74 Å². The summed E-state index contributed by atoms with van der Waals surface area (Å²) >= 11 is 3.10. The molecule has 1 aromatic carbocycles. The standard InChI is InChI=1S/C11H11BrN4O2/c12-10-14-9(15-16-10)6-13-11(17)18-7-8-4-2-1-3-5-8/h1-5H,6-7H2,(H,13,17)(H,14,15,16). The first-order valence-electron chi connectivity index (χ1n) is 5.25. The number of hydrogen-bond acceptors (Lipinski definition) is 4. The lowest BCUT2D eigenvalue weighted by molar-refractivity contribution is 0.139. The Morgan fingerprint density at radius 1 is 1.39 bits per heavy atom. The van der Waals surface area contributed by atoms with E-state index in [0.717, 1.165) is 5.56 Å². The van der Waals surface area contributed by atoms with Crippen LogP contribution in [0, 0.1) is 0 Å². The van der Waals surface area contributed by atoms with Gasteiger partial charge in [0.25, 0.3) is 0 Å². The molecule has 18 heavy (non-hydrogen) atoms. The van der Waals surface area contributed by atoms with Crippen LogP contribution in [0.3, 0.4) is 0 Å². The molecule has 0 saturated heterocycles. The average Bonchev–Trinajstić information content (AvgIpc) is 2.81. The second-order valence-electron chi connectivity index (χ2n) is 3.47. The molecule has 0 unspecified atom stereocenters. The third-order valence-electron chi connectivity index (χ3n) is 2.12. The summed E-state index contributed by atoms with van der Waals surface area (Å²) in [5.74, 6) is 0.554. The minimum Gasteiger partial charge on any atom is -0.445 e. The number of carbonyl (C=O) groups excluding carboxylic acids is 1. The van der Waals surface area contributed by atoms with Crippen LogP contribution in [0.1, 0.15) is 11.4 Å². The SMILES string of the molecule is O=C(NCc1nc(Br)n[nH]1)OCc1ccccc1. The van der Waals surface area contributed by atoms with Crippen molar-refractivity contribution in [2.24, 2.45) is 0 Å². The molecule has 94 valence electrons. The second kappa shape index (κ2) is 6.15. The van der Waals surface area contributed by atoms with E-state index in [9.17, 15) is 4.79 Å². The number of rotatable bonds is 4. The highest BCUT2D eigenvalue weighted by Crippen LogP contribution is 2.02. The minimum atomic E-state index is -0.494. The van der Waals surface area contributed by atoms with Crippen molar-refractivity contribution < 1.29 is 9.53 Å². The Balaban J connectivity index is 1.73. The van der Waals surface area contributed by atoms with Crippen molar-refractivity contribution >= 4 is 22.0 Å². The number of alkyl carbamates (subject to hydrolysis) is 1. The highest BCUT2D eigenvalue weighted by atomic mass is 79.9. The van der Waals surface area contributed by atoms with Gasteiger partial charge in [-0.3, -0.25) is 5.10 Å². The van der Waals surface area contributed by atoms with Gasteiger partial charge in [0.05, 0.1) is 6.54 Å². The van der Waals surface area contributed by atoms with Gasteiger partial charge < -0.3 is 10.1 Å². The normalized spacial score (nSPS) is 10.1. The smallest absolute Gasteiger partial charge is 0.407 e. The Kier molecular flexibility index (Phi) is 4.30. The number of aromatic nitrogens is 3. The molecule has 0 radical (unpaired) electrons. The quantitative estimate of drug-likeness (QED) is 0.905. The molecular formula is C11H11BrN4O2. The number of benzene rings is 1. The molecule has 0 saturated carbocycles. The summed E-state index contributed by atoms with van der Waals surface area (Å²) < 4.78 is 5.49. The van der Waals surface area contributed by atoms with Crippen molar-refractivity contribution in [2.75, 3.05) is 0 Å².